The maximum atomic E-state index is 2.37. The van der Waals surface area contributed by atoms with Crippen molar-refractivity contribution in [1.82, 2.24) is 0 Å². The lowest BCUT2D eigenvalue weighted by Gasteiger charge is -2.25. The molecular weight excluding hydrogens is 398 g/mol. The molecule has 0 bridgehead atoms. The minimum absolute atomic E-state index is 0.0166. The van der Waals surface area contributed by atoms with E-state index in [2.05, 4.69) is 135 Å². The van der Waals surface area contributed by atoms with Gasteiger partial charge in [0.2, 0.25) is 0 Å². The van der Waals surface area contributed by atoms with Crippen molar-refractivity contribution in [2.45, 2.75) is 19.3 Å². The van der Waals surface area contributed by atoms with Crippen molar-refractivity contribution in [3.63, 3.8) is 0 Å². The van der Waals surface area contributed by atoms with Crippen molar-refractivity contribution < 1.29 is 0 Å². The summed E-state index contributed by atoms with van der Waals surface area (Å²) in [6.07, 6.45) is 0. The van der Waals surface area contributed by atoms with Crippen LogP contribution < -0.4 is 4.90 Å². The molecule has 0 saturated carbocycles. The Kier molecular flexibility index (Phi) is 4.41. The van der Waals surface area contributed by atoms with Crippen molar-refractivity contribution in [3.05, 3.63) is 120 Å². The Morgan fingerprint density at radius 3 is 1.97 bits per heavy atom. The number of rotatable bonds is 3. The average molecular weight is 426 g/mol. The summed E-state index contributed by atoms with van der Waals surface area (Å²) < 4.78 is 0. The fourth-order valence-corrected chi connectivity index (χ4v) is 5.30. The summed E-state index contributed by atoms with van der Waals surface area (Å²) in [6, 6.07) is 39.8. The summed E-state index contributed by atoms with van der Waals surface area (Å²) in [4.78, 5) is 2.28. The first-order valence-electron chi connectivity index (χ1n) is 11.6. The third-order valence-corrected chi connectivity index (χ3v) is 7.29. The summed E-state index contributed by atoms with van der Waals surface area (Å²) in [5.74, 6) is 0. The zero-order valence-corrected chi connectivity index (χ0v) is 19.3. The summed E-state index contributed by atoms with van der Waals surface area (Å²) >= 11 is 0. The Labute approximate surface area is 195 Å². The van der Waals surface area contributed by atoms with Crippen molar-refractivity contribution in [3.8, 4) is 22.3 Å². The average Bonchev–Trinajstić information content (AvgIpc) is 3.10. The highest BCUT2D eigenvalue weighted by atomic mass is 15.1. The highest BCUT2D eigenvalue weighted by molar-refractivity contribution is 5.88. The molecule has 1 nitrogen and oxygen atoms in total. The fourth-order valence-electron chi connectivity index (χ4n) is 5.30. The second kappa shape index (κ2) is 7.35. The second-order valence-electron chi connectivity index (χ2n) is 9.57. The van der Waals surface area contributed by atoms with E-state index in [0.717, 1.165) is 0 Å². The molecule has 0 atom stereocenters. The minimum atomic E-state index is 0.0166. The van der Waals surface area contributed by atoms with Gasteiger partial charge < -0.3 is 4.90 Å². The first kappa shape index (κ1) is 19.8. The number of nitrogens with zero attached hydrogens (tertiary/aromatic N) is 1. The van der Waals surface area contributed by atoms with Gasteiger partial charge in [-0.3, -0.25) is 0 Å². The molecule has 0 radical (unpaired) electrons. The van der Waals surface area contributed by atoms with Crippen molar-refractivity contribution in [1.29, 1.82) is 0 Å². The highest BCUT2D eigenvalue weighted by Crippen LogP contribution is 2.49. The molecule has 1 aliphatic carbocycles. The monoisotopic (exact) mass is 425 g/mol. The Hall–Kier alpha value is -3.84. The van der Waals surface area contributed by atoms with Gasteiger partial charge in [-0.2, -0.15) is 0 Å². The van der Waals surface area contributed by atoms with E-state index in [4.69, 9.17) is 0 Å². The van der Waals surface area contributed by atoms with E-state index in [0.29, 0.717) is 0 Å². The predicted octanol–water partition coefficient (Wildman–Crippen LogP) is 8.58. The Morgan fingerprint density at radius 1 is 0.515 bits per heavy atom. The molecule has 0 spiro atoms. The Morgan fingerprint density at radius 2 is 1.15 bits per heavy atom. The molecule has 0 amide bonds. The zero-order valence-electron chi connectivity index (χ0n) is 19.3. The molecule has 5 aromatic rings. The molecule has 1 heteroatoms. The van der Waals surface area contributed by atoms with Crippen LogP contribution in [0, 0.1) is 0 Å². The summed E-state index contributed by atoms with van der Waals surface area (Å²) in [7, 11) is 2.15. The van der Waals surface area contributed by atoms with Crippen LogP contribution in [0.5, 0.6) is 0 Å². The zero-order chi connectivity index (χ0) is 22.6. The van der Waals surface area contributed by atoms with Gasteiger partial charge in [0.05, 0.1) is 0 Å². The molecule has 6 rings (SSSR count). The topological polar surface area (TPSA) is 3.24 Å². The lowest BCUT2D eigenvalue weighted by molar-refractivity contribution is 0.660. The molecule has 160 valence electrons. The summed E-state index contributed by atoms with van der Waals surface area (Å²) in [5, 5.41) is 2.55. The highest BCUT2D eigenvalue weighted by Gasteiger charge is 2.35. The lowest BCUT2D eigenvalue weighted by Crippen LogP contribution is -2.16. The molecule has 1 aliphatic rings. The van der Waals surface area contributed by atoms with Crippen LogP contribution in [0.4, 0.5) is 11.4 Å². The first-order chi connectivity index (χ1) is 16.0. The Balaban J connectivity index is 1.32. The number of fused-ring (bicyclic) bond motifs is 4. The third kappa shape index (κ3) is 3.15. The van der Waals surface area contributed by atoms with E-state index in [1.807, 2.05) is 0 Å². The fraction of sp³-hybridized carbons (Fsp3) is 0.125. The van der Waals surface area contributed by atoms with Crippen LogP contribution in [0.2, 0.25) is 0 Å². The standard InChI is InChI=1S/C32H27N/c1-32(2)30-11-7-6-10-28(30)29-19-18-27(21-31(29)32)33(3)26-16-14-23(15-17-26)25-13-12-22-8-4-5-9-24(22)20-25/h4-21H,1-3H3. The minimum Gasteiger partial charge on any atom is -0.345 e. The van der Waals surface area contributed by atoms with Gasteiger partial charge in [0, 0.05) is 23.8 Å². The molecule has 0 heterocycles. The molecule has 0 saturated heterocycles. The smallest absolute Gasteiger partial charge is 0.0411 e. The maximum Gasteiger partial charge on any atom is 0.0411 e. The van der Waals surface area contributed by atoms with Crippen LogP contribution in [-0.4, -0.2) is 7.05 Å². The number of hydrogen-bond donors (Lipinski definition) is 0. The van der Waals surface area contributed by atoms with Gasteiger partial charge in [-0.15, -0.1) is 0 Å². The van der Waals surface area contributed by atoms with Crippen molar-refractivity contribution in [2.24, 2.45) is 0 Å². The molecule has 0 N–H and O–H groups in total. The molecule has 0 aromatic heterocycles. The molecule has 0 unspecified atom stereocenters. The van der Waals surface area contributed by atoms with Crippen LogP contribution in [0.25, 0.3) is 33.0 Å². The quantitative estimate of drug-likeness (QED) is 0.280. The van der Waals surface area contributed by atoms with E-state index in [1.54, 1.807) is 0 Å². The van der Waals surface area contributed by atoms with E-state index < -0.39 is 0 Å². The molecular formula is C32H27N. The van der Waals surface area contributed by atoms with Gasteiger partial charge in [0.1, 0.15) is 0 Å². The largest absolute Gasteiger partial charge is 0.345 e. The van der Waals surface area contributed by atoms with Crippen LogP contribution in [0.3, 0.4) is 0 Å². The molecule has 0 fully saturated rings. The van der Waals surface area contributed by atoms with Gasteiger partial charge in [0.15, 0.2) is 0 Å². The van der Waals surface area contributed by atoms with Gasteiger partial charge in [-0.25, -0.2) is 0 Å². The number of anilines is 2. The molecule has 33 heavy (non-hydrogen) atoms. The van der Waals surface area contributed by atoms with Crippen LogP contribution in [0.1, 0.15) is 25.0 Å². The van der Waals surface area contributed by atoms with Gasteiger partial charge in [-0.1, -0.05) is 92.7 Å². The van der Waals surface area contributed by atoms with E-state index in [-0.39, 0.29) is 5.41 Å². The normalized spacial score (nSPS) is 13.5. The van der Waals surface area contributed by atoms with Crippen LogP contribution in [-0.2, 0) is 5.41 Å². The SMILES string of the molecule is CN(c1ccc(-c2ccc3ccccc3c2)cc1)c1ccc2c(c1)C(C)(C)c1ccccc1-2. The van der Waals surface area contributed by atoms with Gasteiger partial charge in [0.25, 0.3) is 0 Å². The maximum absolute atomic E-state index is 2.37. The van der Waals surface area contributed by atoms with Crippen molar-refractivity contribution in [2.75, 3.05) is 11.9 Å². The lowest BCUT2D eigenvalue weighted by atomic mass is 9.82. The van der Waals surface area contributed by atoms with Gasteiger partial charge >= 0.3 is 0 Å². The molecule has 0 aliphatic heterocycles. The van der Waals surface area contributed by atoms with E-state index >= 15 is 0 Å². The third-order valence-electron chi connectivity index (χ3n) is 7.29. The van der Waals surface area contributed by atoms with E-state index in [9.17, 15) is 0 Å². The molecule has 5 aromatic carbocycles. The Bertz CT molecular complexity index is 1490. The number of hydrogen-bond acceptors (Lipinski definition) is 1. The summed E-state index contributed by atoms with van der Waals surface area (Å²) in [5.41, 5.74) is 10.5. The summed E-state index contributed by atoms with van der Waals surface area (Å²) in [6.45, 7) is 4.67. The van der Waals surface area contributed by atoms with Crippen molar-refractivity contribution >= 4 is 22.1 Å². The predicted molar refractivity (Wildman–Crippen MR) is 141 cm³/mol. The van der Waals surface area contributed by atoms with E-state index in [1.165, 1.54) is 55.5 Å². The van der Waals surface area contributed by atoms with Gasteiger partial charge in [-0.05, 0) is 74.5 Å². The number of benzene rings is 5. The second-order valence-corrected chi connectivity index (χ2v) is 9.57. The van der Waals surface area contributed by atoms with Crippen LogP contribution >= 0.6 is 0 Å². The van der Waals surface area contributed by atoms with Crippen LogP contribution in [0.15, 0.2) is 109 Å². The first-order valence-corrected chi connectivity index (χ1v) is 11.6.